The maximum Gasteiger partial charge on any atom is 0.234 e. The molecule has 0 aliphatic carbocycles. The van der Waals surface area contributed by atoms with E-state index in [1.807, 2.05) is 28.8 Å². The van der Waals surface area contributed by atoms with Crippen LogP contribution in [0.15, 0.2) is 53.0 Å². The molecule has 2 aromatic carbocycles. The van der Waals surface area contributed by atoms with Crippen molar-refractivity contribution in [2.75, 3.05) is 0 Å². The van der Waals surface area contributed by atoms with Gasteiger partial charge in [-0.1, -0.05) is 57.6 Å². The summed E-state index contributed by atoms with van der Waals surface area (Å²) in [6, 6.07) is 16.5. The molecule has 0 bridgehead atoms. The Hall–Kier alpha value is -2.29. The molecule has 0 unspecified atom stereocenters. The average Bonchev–Trinajstić information content (AvgIpc) is 3.26. The van der Waals surface area contributed by atoms with Crippen LogP contribution in [-0.4, -0.2) is 24.8 Å². The fourth-order valence-corrected chi connectivity index (χ4v) is 4.32. The Labute approximate surface area is 159 Å². The Morgan fingerprint density at radius 2 is 1.92 bits per heavy atom. The van der Waals surface area contributed by atoms with Gasteiger partial charge in [0.15, 0.2) is 3.95 Å². The molecule has 5 nitrogen and oxygen atoms in total. The number of hydrogen-bond donors (Lipinski definition) is 2. The number of fused-ring (bicyclic) bond motifs is 2. The normalized spacial score (nSPS) is 11.6. The minimum Gasteiger partial charge on any atom is -0.351 e. The molecule has 0 spiro atoms. The third-order valence-electron chi connectivity index (χ3n) is 4.07. The zero-order valence-electron chi connectivity index (χ0n) is 12.7. The molecule has 5 aromatic rings. The van der Waals surface area contributed by atoms with Gasteiger partial charge in [0.1, 0.15) is 0 Å². The summed E-state index contributed by atoms with van der Waals surface area (Å²) in [6.45, 7) is 0. The fraction of sp³-hybridized carbons (Fsp3) is 0. The number of rotatable bonds is 2. The summed E-state index contributed by atoms with van der Waals surface area (Å²) in [6.07, 6.45) is 0. The van der Waals surface area contributed by atoms with E-state index in [1.54, 1.807) is 0 Å². The summed E-state index contributed by atoms with van der Waals surface area (Å²) in [4.78, 5) is 4.25. The lowest BCUT2D eigenvalue weighted by atomic mass is 10.0. The highest BCUT2D eigenvalue weighted by molar-refractivity contribution is 9.10. The second-order valence-electron chi connectivity index (χ2n) is 5.57. The van der Waals surface area contributed by atoms with Gasteiger partial charge in [-0.15, -0.1) is 10.2 Å². The van der Waals surface area contributed by atoms with Crippen LogP contribution in [0.3, 0.4) is 0 Å². The summed E-state index contributed by atoms with van der Waals surface area (Å²) in [5, 5.41) is 12.9. The predicted octanol–water partition coefficient (Wildman–Crippen LogP) is 5.43. The fourth-order valence-electron chi connectivity index (χ4n) is 3.03. The van der Waals surface area contributed by atoms with Gasteiger partial charge in [0.05, 0.1) is 5.69 Å². The molecule has 0 saturated carbocycles. The van der Waals surface area contributed by atoms with Gasteiger partial charge in [-0.3, -0.25) is 5.10 Å². The number of benzene rings is 2. The van der Waals surface area contributed by atoms with Crippen molar-refractivity contribution in [3.8, 4) is 22.6 Å². The number of halogens is 1. The third-order valence-corrected chi connectivity index (χ3v) is 5.63. The summed E-state index contributed by atoms with van der Waals surface area (Å²) in [5.41, 5.74) is 4.17. The molecule has 0 radical (unpaired) electrons. The SMILES string of the molecule is S=c1[nH]n2c(-c3[nH]c4ccc(Br)cc4c3-c3ccccc3)nnc2s1. The molecular formula is C17H10BrN5S2. The molecule has 5 rings (SSSR count). The summed E-state index contributed by atoms with van der Waals surface area (Å²) < 4.78 is 3.54. The highest BCUT2D eigenvalue weighted by Gasteiger charge is 2.20. The lowest BCUT2D eigenvalue weighted by molar-refractivity contribution is 0.954. The molecule has 0 amide bonds. The van der Waals surface area contributed by atoms with Crippen molar-refractivity contribution in [3.05, 3.63) is 57.0 Å². The van der Waals surface area contributed by atoms with Gasteiger partial charge >= 0.3 is 0 Å². The van der Waals surface area contributed by atoms with Crippen LogP contribution in [0, 0.1) is 3.95 Å². The second-order valence-corrected chi connectivity index (χ2v) is 8.13. The van der Waals surface area contributed by atoms with Crippen LogP contribution >= 0.6 is 39.5 Å². The maximum absolute atomic E-state index is 5.24. The van der Waals surface area contributed by atoms with E-state index >= 15 is 0 Å². The Morgan fingerprint density at radius 1 is 1.08 bits per heavy atom. The molecule has 3 aromatic heterocycles. The number of hydrogen-bond acceptors (Lipinski definition) is 4. The Kier molecular flexibility index (Phi) is 3.37. The molecule has 0 fully saturated rings. The first-order valence-electron chi connectivity index (χ1n) is 7.52. The Balaban J connectivity index is 1.90. The summed E-state index contributed by atoms with van der Waals surface area (Å²) >= 11 is 10.2. The van der Waals surface area contributed by atoms with Crippen LogP contribution in [0.4, 0.5) is 0 Å². The number of aromatic amines is 2. The first-order chi connectivity index (χ1) is 12.2. The molecular weight excluding hydrogens is 418 g/mol. The minimum absolute atomic E-state index is 0.672. The van der Waals surface area contributed by atoms with E-state index in [0.717, 1.165) is 37.2 Å². The van der Waals surface area contributed by atoms with Gasteiger partial charge in [0.25, 0.3) is 0 Å². The van der Waals surface area contributed by atoms with Crippen molar-refractivity contribution in [3.63, 3.8) is 0 Å². The van der Waals surface area contributed by atoms with Crippen LogP contribution in [0.2, 0.25) is 0 Å². The first-order valence-corrected chi connectivity index (χ1v) is 9.54. The molecule has 3 heterocycles. The Bertz CT molecular complexity index is 1280. The molecule has 0 atom stereocenters. The summed E-state index contributed by atoms with van der Waals surface area (Å²) in [7, 11) is 0. The number of nitrogens with zero attached hydrogens (tertiary/aromatic N) is 3. The van der Waals surface area contributed by atoms with Gasteiger partial charge < -0.3 is 4.98 Å². The van der Waals surface area contributed by atoms with Crippen LogP contribution in [0.5, 0.6) is 0 Å². The molecule has 2 N–H and O–H groups in total. The van der Waals surface area contributed by atoms with Gasteiger partial charge in [-0.05, 0) is 36.0 Å². The van der Waals surface area contributed by atoms with Gasteiger partial charge in [-0.25, -0.2) is 4.52 Å². The van der Waals surface area contributed by atoms with Gasteiger partial charge in [-0.2, -0.15) is 0 Å². The molecule has 0 aliphatic heterocycles. The lowest BCUT2D eigenvalue weighted by Crippen LogP contribution is -1.92. The molecule has 25 heavy (non-hydrogen) atoms. The van der Waals surface area contributed by atoms with Crippen LogP contribution in [0.25, 0.3) is 38.5 Å². The minimum atomic E-state index is 0.672. The molecule has 122 valence electrons. The van der Waals surface area contributed by atoms with E-state index in [1.165, 1.54) is 11.3 Å². The van der Waals surface area contributed by atoms with E-state index < -0.39 is 0 Å². The standard InChI is InChI=1S/C17H10BrN5S2/c18-10-6-7-12-11(8-10)13(9-4-2-1-3-5-9)14(19-12)15-20-21-16-23(15)22-17(24)25-16/h1-8,19H,(H,22,24). The highest BCUT2D eigenvalue weighted by Crippen LogP contribution is 2.38. The van der Waals surface area contributed by atoms with Crippen molar-refractivity contribution in [1.29, 1.82) is 0 Å². The average molecular weight is 428 g/mol. The molecule has 0 saturated heterocycles. The monoisotopic (exact) mass is 427 g/mol. The number of aromatic nitrogens is 5. The van der Waals surface area contributed by atoms with E-state index in [-0.39, 0.29) is 0 Å². The largest absolute Gasteiger partial charge is 0.351 e. The van der Waals surface area contributed by atoms with Crippen molar-refractivity contribution in [2.45, 2.75) is 0 Å². The number of H-pyrrole nitrogens is 2. The summed E-state index contributed by atoms with van der Waals surface area (Å²) in [5.74, 6) is 0.716. The second kappa shape index (κ2) is 5.62. The van der Waals surface area contributed by atoms with E-state index in [4.69, 9.17) is 12.2 Å². The third kappa shape index (κ3) is 2.37. The van der Waals surface area contributed by atoms with Crippen molar-refractivity contribution in [2.24, 2.45) is 0 Å². The zero-order valence-corrected chi connectivity index (χ0v) is 15.9. The quantitative estimate of drug-likeness (QED) is 0.369. The zero-order chi connectivity index (χ0) is 17.0. The van der Waals surface area contributed by atoms with Crippen LogP contribution < -0.4 is 0 Å². The van der Waals surface area contributed by atoms with E-state index in [9.17, 15) is 0 Å². The van der Waals surface area contributed by atoms with Crippen LogP contribution in [-0.2, 0) is 0 Å². The van der Waals surface area contributed by atoms with E-state index in [2.05, 4.69) is 60.5 Å². The van der Waals surface area contributed by atoms with Crippen molar-refractivity contribution < 1.29 is 0 Å². The maximum atomic E-state index is 5.24. The van der Waals surface area contributed by atoms with Gasteiger partial charge in [0.2, 0.25) is 10.8 Å². The molecule has 0 aliphatic rings. The van der Waals surface area contributed by atoms with Gasteiger partial charge in [0, 0.05) is 20.9 Å². The smallest absolute Gasteiger partial charge is 0.234 e. The lowest BCUT2D eigenvalue weighted by Gasteiger charge is -2.04. The number of nitrogens with one attached hydrogen (secondary N) is 2. The molecule has 8 heteroatoms. The predicted molar refractivity (Wildman–Crippen MR) is 106 cm³/mol. The topological polar surface area (TPSA) is 61.8 Å². The van der Waals surface area contributed by atoms with Crippen LogP contribution in [0.1, 0.15) is 0 Å². The Morgan fingerprint density at radius 3 is 2.76 bits per heavy atom. The van der Waals surface area contributed by atoms with E-state index in [0.29, 0.717) is 9.78 Å². The van der Waals surface area contributed by atoms with Crippen molar-refractivity contribution >= 4 is 55.3 Å². The van der Waals surface area contributed by atoms with Crippen molar-refractivity contribution in [1.82, 2.24) is 24.8 Å². The first kappa shape index (κ1) is 15.0. The highest BCUT2D eigenvalue weighted by atomic mass is 79.9.